The van der Waals surface area contributed by atoms with E-state index in [2.05, 4.69) is 19.7 Å². The number of ether oxygens (including phenoxy) is 1. The number of aromatic amines is 1. The van der Waals surface area contributed by atoms with Crippen molar-refractivity contribution in [3.63, 3.8) is 0 Å². The number of esters is 1. The number of anilines is 1. The zero-order chi connectivity index (χ0) is 12.3. The number of nitrogens with two attached hydrogens (primary N) is 1. The van der Waals surface area contributed by atoms with Crippen molar-refractivity contribution in [2.24, 2.45) is 0 Å². The molecule has 0 aliphatic rings. The van der Waals surface area contributed by atoms with Crippen LogP contribution in [-0.2, 0) is 19.6 Å². The zero-order valence-electron chi connectivity index (χ0n) is 8.72. The van der Waals surface area contributed by atoms with E-state index in [0.29, 0.717) is 0 Å². The Morgan fingerprint density at radius 2 is 2.31 bits per heavy atom. The summed E-state index contributed by atoms with van der Waals surface area (Å²) >= 11 is 0. The van der Waals surface area contributed by atoms with Crippen LogP contribution < -0.4 is 10.5 Å². The number of hydrogen-bond acceptors (Lipinski definition) is 6. The van der Waals surface area contributed by atoms with Crippen LogP contribution in [0.25, 0.3) is 0 Å². The molecule has 1 unspecified atom stereocenters. The monoisotopic (exact) mass is 248 g/mol. The van der Waals surface area contributed by atoms with Gasteiger partial charge < -0.3 is 10.5 Å². The second kappa shape index (κ2) is 4.49. The molecule has 0 saturated heterocycles. The number of rotatable bonds is 4. The van der Waals surface area contributed by atoms with Crippen LogP contribution in [0.3, 0.4) is 0 Å². The number of hydrogen-bond donors (Lipinski definition) is 3. The molecule has 4 N–H and O–H groups in total. The van der Waals surface area contributed by atoms with E-state index < -0.39 is 22.0 Å². The molecular formula is C7H12N4O4S. The molecule has 1 heterocycles. The lowest BCUT2D eigenvalue weighted by atomic mass is 10.4. The van der Waals surface area contributed by atoms with Gasteiger partial charge in [-0.1, -0.05) is 0 Å². The van der Waals surface area contributed by atoms with Crippen molar-refractivity contribution in [2.45, 2.75) is 17.9 Å². The van der Waals surface area contributed by atoms with Gasteiger partial charge in [0.15, 0.2) is 0 Å². The first-order valence-corrected chi connectivity index (χ1v) is 5.76. The lowest BCUT2D eigenvalue weighted by Gasteiger charge is -2.11. The number of H-pyrrole nitrogens is 1. The molecule has 9 heteroatoms. The summed E-state index contributed by atoms with van der Waals surface area (Å²) in [6, 6.07) is -0.996. The van der Waals surface area contributed by atoms with Crippen LogP contribution in [0.1, 0.15) is 6.92 Å². The largest absolute Gasteiger partial charge is 0.468 e. The lowest BCUT2D eigenvalue weighted by molar-refractivity contribution is -0.142. The van der Waals surface area contributed by atoms with E-state index in [1.807, 2.05) is 0 Å². The van der Waals surface area contributed by atoms with Crippen LogP contribution in [0.4, 0.5) is 5.82 Å². The van der Waals surface area contributed by atoms with Crippen molar-refractivity contribution in [2.75, 3.05) is 12.8 Å². The van der Waals surface area contributed by atoms with E-state index >= 15 is 0 Å². The van der Waals surface area contributed by atoms with Crippen LogP contribution in [0.2, 0.25) is 0 Å². The molecule has 0 aromatic carbocycles. The lowest BCUT2D eigenvalue weighted by Crippen LogP contribution is -2.39. The van der Waals surface area contributed by atoms with E-state index in [1.165, 1.54) is 14.0 Å². The fourth-order valence-electron chi connectivity index (χ4n) is 1.02. The highest BCUT2D eigenvalue weighted by atomic mass is 32.2. The first-order valence-electron chi connectivity index (χ1n) is 4.27. The number of nitrogen functional groups attached to an aromatic ring is 1. The number of carbonyl (C=O) groups excluding carboxylic acids is 1. The van der Waals surface area contributed by atoms with Crippen molar-refractivity contribution < 1.29 is 17.9 Å². The molecule has 8 nitrogen and oxygen atoms in total. The van der Waals surface area contributed by atoms with Crippen molar-refractivity contribution >= 4 is 21.8 Å². The third-order valence-electron chi connectivity index (χ3n) is 1.81. The van der Waals surface area contributed by atoms with Crippen molar-refractivity contribution in [3.8, 4) is 0 Å². The molecule has 1 aromatic rings. The van der Waals surface area contributed by atoms with Crippen LogP contribution >= 0.6 is 0 Å². The van der Waals surface area contributed by atoms with Crippen molar-refractivity contribution in [3.05, 3.63) is 6.20 Å². The first-order chi connectivity index (χ1) is 7.38. The molecule has 0 amide bonds. The normalized spacial score (nSPS) is 13.4. The summed E-state index contributed by atoms with van der Waals surface area (Å²) in [5, 5.41) is 5.76. The molecule has 1 atom stereocenters. The highest BCUT2D eigenvalue weighted by molar-refractivity contribution is 7.89. The van der Waals surface area contributed by atoms with Crippen molar-refractivity contribution in [1.29, 1.82) is 0 Å². The van der Waals surface area contributed by atoms with E-state index in [4.69, 9.17) is 5.73 Å². The molecule has 1 aromatic heterocycles. The Kier molecular flexibility index (Phi) is 3.50. The maximum atomic E-state index is 11.7. The Bertz CT molecular complexity index is 480. The Morgan fingerprint density at radius 1 is 1.69 bits per heavy atom. The molecule has 0 bridgehead atoms. The maximum absolute atomic E-state index is 11.7. The summed E-state index contributed by atoms with van der Waals surface area (Å²) < 4.78 is 29.9. The van der Waals surface area contributed by atoms with Gasteiger partial charge in [-0.15, -0.1) is 0 Å². The number of methoxy groups -OCH3 is 1. The molecule has 0 aliphatic carbocycles. The van der Waals surface area contributed by atoms with Crippen molar-refractivity contribution in [1.82, 2.24) is 14.9 Å². The van der Waals surface area contributed by atoms with Gasteiger partial charge in [0, 0.05) is 0 Å². The number of nitrogens with one attached hydrogen (secondary N) is 2. The topological polar surface area (TPSA) is 127 Å². The molecule has 90 valence electrons. The summed E-state index contributed by atoms with van der Waals surface area (Å²) in [6.07, 6.45) is 1.06. The van der Waals surface area contributed by atoms with Gasteiger partial charge in [-0.05, 0) is 6.92 Å². The van der Waals surface area contributed by atoms with Gasteiger partial charge in [-0.25, -0.2) is 8.42 Å². The van der Waals surface area contributed by atoms with Crippen LogP contribution in [0, 0.1) is 0 Å². The molecular weight excluding hydrogens is 236 g/mol. The summed E-state index contributed by atoms with van der Waals surface area (Å²) in [4.78, 5) is 10.8. The average molecular weight is 248 g/mol. The highest BCUT2D eigenvalue weighted by Crippen LogP contribution is 2.14. The Hall–Kier alpha value is -1.61. The number of nitrogens with zero attached hydrogens (tertiary/aromatic N) is 1. The predicted molar refractivity (Wildman–Crippen MR) is 54.8 cm³/mol. The van der Waals surface area contributed by atoms with E-state index in [0.717, 1.165) is 6.20 Å². The van der Waals surface area contributed by atoms with E-state index in [-0.39, 0.29) is 10.7 Å². The van der Waals surface area contributed by atoms with Gasteiger partial charge >= 0.3 is 5.97 Å². The van der Waals surface area contributed by atoms with Gasteiger partial charge in [0.2, 0.25) is 10.0 Å². The van der Waals surface area contributed by atoms with Crippen LogP contribution in [-0.4, -0.2) is 37.7 Å². The maximum Gasteiger partial charge on any atom is 0.323 e. The quantitative estimate of drug-likeness (QED) is 0.576. The van der Waals surface area contributed by atoms with Gasteiger partial charge in [0.25, 0.3) is 0 Å². The van der Waals surface area contributed by atoms with Gasteiger partial charge in [-0.2, -0.15) is 9.82 Å². The summed E-state index contributed by atoms with van der Waals surface area (Å²) in [6.45, 7) is 1.36. The number of aromatic nitrogens is 2. The summed E-state index contributed by atoms with van der Waals surface area (Å²) in [5.74, 6) is -0.782. The fourth-order valence-corrected chi connectivity index (χ4v) is 2.24. The van der Waals surface area contributed by atoms with E-state index in [9.17, 15) is 13.2 Å². The second-order valence-electron chi connectivity index (χ2n) is 3.01. The van der Waals surface area contributed by atoms with Gasteiger partial charge in [-0.3, -0.25) is 9.89 Å². The third-order valence-corrected chi connectivity index (χ3v) is 3.38. The summed E-state index contributed by atoms with van der Waals surface area (Å²) in [7, 11) is -2.71. The summed E-state index contributed by atoms with van der Waals surface area (Å²) in [5.41, 5.74) is 5.36. The molecule has 0 aliphatic heterocycles. The molecule has 1 rings (SSSR count). The van der Waals surface area contributed by atoms with Crippen LogP contribution in [0.5, 0.6) is 0 Å². The molecule has 0 radical (unpaired) electrons. The number of carbonyl (C=O) groups is 1. The van der Waals surface area contributed by atoms with Gasteiger partial charge in [0.05, 0.1) is 13.3 Å². The average Bonchev–Trinajstić information content (AvgIpc) is 2.63. The fraction of sp³-hybridized carbons (Fsp3) is 0.429. The van der Waals surface area contributed by atoms with E-state index in [1.54, 1.807) is 0 Å². The molecule has 16 heavy (non-hydrogen) atoms. The Labute approximate surface area is 92.2 Å². The molecule has 0 spiro atoms. The minimum Gasteiger partial charge on any atom is -0.468 e. The molecule has 0 fully saturated rings. The standard InChI is InChI=1S/C7H12N4O4S/c1-4(7(12)15-2)11-16(13,14)5-3-9-10-6(5)8/h3-4,11H,1-2H3,(H3,8,9,10). The Morgan fingerprint density at radius 3 is 2.75 bits per heavy atom. The first kappa shape index (κ1) is 12.5. The predicted octanol–water partition coefficient (Wildman–Crippen LogP) is -1.17. The minimum absolute atomic E-state index is 0.0930. The number of sulfonamides is 1. The minimum atomic E-state index is -3.87. The molecule has 0 saturated carbocycles. The SMILES string of the molecule is COC(=O)C(C)NS(=O)(=O)c1cn[nH]c1N. The third kappa shape index (κ3) is 2.49. The Balaban J connectivity index is 2.89. The van der Waals surface area contributed by atoms with Crippen LogP contribution in [0.15, 0.2) is 11.1 Å². The second-order valence-corrected chi connectivity index (χ2v) is 4.70. The smallest absolute Gasteiger partial charge is 0.323 e. The highest BCUT2D eigenvalue weighted by Gasteiger charge is 2.25. The van der Waals surface area contributed by atoms with Gasteiger partial charge in [0.1, 0.15) is 16.8 Å². The zero-order valence-corrected chi connectivity index (χ0v) is 9.54.